The van der Waals surface area contributed by atoms with Gasteiger partial charge in [-0.15, -0.1) is 0 Å². The number of benzene rings is 1. The van der Waals surface area contributed by atoms with Crippen LogP contribution in [0.2, 0.25) is 0 Å². The zero-order valence-electron chi connectivity index (χ0n) is 12.3. The van der Waals surface area contributed by atoms with Crippen LogP contribution in [0.3, 0.4) is 0 Å². The minimum Gasteiger partial charge on any atom is -0.447 e. The molecule has 0 aromatic heterocycles. The van der Waals surface area contributed by atoms with Gasteiger partial charge in [-0.2, -0.15) is 0 Å². The number of carbonyl (C=O) groups excluding carboxylic acids is 5. The number of esters is 1. The second-order valence-electron chi connectivity index (χ2n) is 5.60. The Hall–Kier alpha value is -2.83. The van der Waals surface area contributed by atoms with Gasteiger partial charge in [0, 0.05) is 6.92 Å². The fraction of sp³-hybridized carbons (Fsp3) is 0.312. The minimum absolute atomic E-state index is 0.0422. The predicted molar refractivity (Wildman–Crippen MR) is 74.6 cm³/mol. The number of nitrogens with zero attached hydrogens (tertiary/aromatic N) is 1. The molecule has 7 nitrogen and oxygen atoms in total. The van der Waals surface area contributed by atoms with E-state index in [2.05, 4.69) is 0 Å². The van der Waals surface area contributed by atoms with Crippen molar-refractivity contribution in [2.75, 3.05) is 0 Å². The first kappa shape index (κ1) is 15.1. The lowest BCUT2D eigenvalue weighted by atomic mass is 9.93. The first-order valence-electron chi connectivity index (χ1n) is 7.03. The molecule has 2 atom stereocenters. The maximum absolute atomic E-state index is 12.7. The first-order chi connectivity index (χ1) is 10.9. The van der Waals surface area contributed by atoms with Crippen molar-refractivity contribution in [1.82, 2.24) is 4.90 Å². The molecule has 2 aliphatic rings. The fourth-order valence-corrected chi connectivity index (χ4v) is 3.11. The topological polar surface area (TPSA) is 97.8 Å². The van der Waals surface area contributed by atoms with Crippen LogP contribution < -0.4 is 0 Å². The molecule has 1 heterocycles. The van der Waals surface area contributed by atoms with Gasteiger partial charge in [0.2, 0.25) is 23.1 Å². The highest BCUT2D eigenvalue weighted by atomic mass is 16.6. The number of rotatable bonds is 3. The number of carbonyl (C=O) groups is 5. The summed E-state index contributed by atoms with van der Waals surface area (Å²) in [6, 6.07) is 8.73. The zero-order valence-corrected chi connectivity index (χ0v) is 12.3. The lowest BCUT2D eigenvalue weighted by Crippen LogP contribution is -2.45. The number of hydrogen-bond donors (Lipinski definition) is 0. The summed E-state index contributed by atoms with van der Waals surface area (Å²) in [5, 5.41) is 0. The molecule has 1 aromatic rings. The van der Waals surface area contributed by atoms with Crippen molar-refractivity contribution in [3.8, 4) is 0 Å². The molecule has 0 N–H and O–H groups in total. The molecule has 0 bridgehead atoms. The molecule has 23 heavy (non-hydrogen) atoms. The van der Waals surface area contributed by atoms with Gasteiger partial charge < -0.3 is 4.74 Å². The van der Waals surface area contributed by atoms with Crippen LogP contribution >= 0.6 is 0 Å². The zero-order chi connectivity index (χ0) is 16.8. The smallest absolute Gasteiger partial charge is 0.303 e. The van der Waals surface area contributed by atoms with E-state index in [9.17, 15) is 24.0 Å². The van der Waals surface area contributed by atoms with Gasteiger partial charge in [0.25, 0.3) is 5.91 Å². The van der Waals surface area contributed by atoms with Crippen LogP contribution in [0.1, 0.15) is 18.9 Å². The van der Waals surface area contributed by atoms with Crippen LogP contribution in [0.5, 0.6) is 0 Å². The average molecular weight is 315 g/mol. The molecule has 1 aliphatic carbocycles. The maximum atomic E-state index is 12.7. The third kappa shape index (κ3) is 2.16. The van der Waals surface area contributed by atoms with E-state index in [4.69, 9.17) is 4.74 Å². The van der Waals surface area contributed by atoms with Crippen molar-refractivity contribution in [3.05, 3.63) is 35.9 Å². The molecule has 0 radical (unpaired) electrons. The van der Waals surface area contributed by atoms with E-state index in [-0.39, 0.29) is 6.54 Å². The van der Waals surface area contributed by atoms with Crippen LogP contribution in [-0.4, -0.2) is 39.9 Å². The highest BCUT2D eigenvalue weighted by molar-refractivity contribution is 6.48. The minimum atomic E-state index is -2.01. The molecule has 2 fully saturated rings. The van der Waals surface area contributed by atoms with Crippen LogP contribution in [0, 0.1) is 5.92 Å². The van der Waals surface area contributed by atoms with E-state index in [1.54, 1.807) is 30.3 Å². The van der Waals surface area contributed by atoms with Crippen LogP contribution in [0.15, 0.2) is 30.3 Å². The monoisotopic (exact) mass is 315 g/mol. The molecule has 1 saturated carbocycles. The molecule has 1 aromatic carbocycles. The number of imide groups is 1. The Morgan fingerprint density at radius 3 is 2.48 bits per heavy atom. The summed E-state index contributed by atoms with van der Waals surface area (Å²) in [4.78, 5) is 61.0. The van der Waals surface area contributed by atoms with Gasteiger partial charge in [-0.05, 0) is 5.56 Å². The van der Waals surface area contributed by atoms with Crippen molar-refractivity contribution < 1.29 is 28.7 Å². The molecule has 2 amide bonds. The maximum Gasteiger partial charge on any atom is 0.303 e. The van der Waals surface area contributed by atoms with E-state index in [0.717, 1.165) is 11.8 Å². The summed E-state index contributed by atoms with van der Waals surface area (Å²) < 4.78 is 5.02. The Labute approximate surface area is 131 Å². The molecule has 7 heteroatoms. The highest BCUT2D eigenvalue weighted by Gasteiger charge is 2.70. The molecule has 1 aliphatic heterocycles. The van der Waals surface area contributed by atoms with Crippen LogP contribution in [-0.2, 0) is 35.3 Å². The molecule has 0 unspecified atom stereocenters. The number of likely N-dealkylation sites (tertiary alicyclic amines) is 1. The fourth-order valence-electron chi connectivity index (χ4n) is 3.11. The van der Waals surface area contributed by atoms with Gasteiger partial charge in [0.15, 0.2) is 5.92 Å². The second kappa shape index (κ2) is 5.12. The number of hydrogen-bond acceptors (Lipinski definition) is 6. The van der Waals surface area contributed by atoms with Crippen LogP contribution in [0.25, 0.3) is 0 Å². The number of fused-ring (bicyclic) bond motifs is 1. The SMILES string of the molecule is CC(=O)O[C@@]12CC(=O)C(=O)[C@H]1C(=O)N(Cc1ccccc1)C2=O. The summed E-state index contributed by atoms with van der Waals surface area (Å²) >= 11 is 0. The summed E-state index contributed by atoms with van der Waals surface area (Å²) in [7, 11) is 0. The van der Waals surface area contributed by atoms with E-state index in [0.29, 0.717) is 5.56 Å². The number of ether oxygens (including phenoxy) is 1. The second-order valence-corrected chi connectivity index (χ2v) is 5.60. The van der Waals surface area contributed by atoms with Gasteiger partial charge in [-0.1, -0.05) is 30.3 Å². The Morgan fingerprint density at radius 2 is 1.87 bits per heavy atom. The number of Topliss-reactive ketones (excluding diaryl/α,β-unsaturated/α-hetero) is 2. The summed E-state index contributed by atoms with van der Waals surface area (Å²) in [5.74, 6) is -5.82. The van der Waals surface area contributed by atoms with Crippen molar-refractivity contribution in [1.29, 1.82) is 0 Å². The average Bonchev–Trinajstić information content (AvgIpc) is 2.85. The number of ketones is 2. The van der Waals surface area contributed by atoms with Crippen molar-refractivity contribution in [3.63, 3.8) is 0 Å². The Morgan fingerprint density at radius 1 is 1.22 bits per heavy atom. The van der Waals surface area contributed by atoms with Gasteiger partial charge in [0.05, 0.1) is 13.0 Å². The number of amides is 2. The lowest BCUT2D eigenvalue weighted by Gasteiger charge is -2.23. The van der Waals surface area contributed by atoms with E-state index < -0.39 is 47.3 Å². The standard InChI is InChI=1S/C16H13NO6/c1-9(18)23-16-7-11(19)13(20)12(16)14(21)17(15(16)22)8-10-5-3-2-4-6-10/h2-6,12H,7-8H2,1H3/t12-,16-/m0/s1. The first-order valence-corrected chi connectivity index (χ1v) is 7.03. The molecule has 0 spiro atoms. The van der Waals surface area contributed by atoms with Crippen LogP contribution in [0.4, 0.5) is 0 Å². The van der Waals surface area contributed by atoms with E-state index in [1.165, 1.54) is 0 Å². The van der Waals surface area contributed by atoms with E-state index >= 15 is 0 Å². The van der Waals surface area contributed by atoms with Crippen molar-refractivity contribution >= 4 is 29.4 Å². The third-order valence-electron chi connectivity index (χ3n) is 4.06. The lowest BCUT2D eigenvalue weighted by molar-refractivity contribution is -0.169. The van der Waals surface area contributed by atoms with E-state index in [1.807, 2.05) is 0 Å². The summed E-state index contributed by atoms with van der Waals surface area (Å²) in [5.41, 5.74) is -1.32. The van der Waals surface area contributed by atoms with Gasteiger partial charge in [-0.3, -0.25) is 28.9 Å². The highest BCUT2D eigenvalue weighted by Crippen LogP contribution is 2.43. The Kier molecular flexibility index (Phi) is 3.35. The van der Waals surface area contributed by atoms with Gasteiger partial charge in [0.1, 0.15) is 0 Å². The molecule has 1 saturated heterocycles. The third-order valence-corrected chi connectivity index (χ3v) is 4.06. The van der Waals surface area contributed by atoms with Crippen molar-refractivity contribution in [2.24, 2.45) is 5.92 Å². The molecular weight excluding hydrogens is 302 g/mol. The van der Waals surface area contributed by atoms with Gasteiger partial charge >= 0.3 is 5.97 Å². The Balaban J connectivity index is 1.99. The molecule has 118 valence electrons. The largest absolute Gasteiger partial charge is 0.447 e. The summed E-state index contributed by atoms with van der Waals surface area (Å²) in [6.07, 6.45) is -0.577. The van der Waals surface area contributed by atoms with Crippen molar-refractivity contribution in [2.45, 2.75) is 25.5 Å². The Bertz CT molecular complexity index is 740. The summed E-state index contributed by atoms with van der Waals surface area (Å²) in [6.45, 7) is 1.02. The predicted octanol–water partition coefficient (Wildman–Crippen LogP) is 0.0154. The molecular formula is C16H13NO6. The normalized spacial score (nSPS) is 26.7. The quantitative estimate of drug-likeness (QED) is 0.337. The van der Waals surface area contributed by atoms with Gasteiger partial charge in [-0.25, -0.2) is 0 Å². The molecule has 3 rings (SSSR count).